The molecule has 2 rings (SSSR count). The molecule has 0 aromatic heterocycles. The summed E-state index contributed by atoms with van der Waals surface area (Å²) in [5.41, 5.74) is 6.38. The van der Waals surface area contributed by atoms with Crippen LogP contribution in [0.1, 0.15) is 30.1 Å². The molecular formula is C14H18Cl2N2O. The van der Waals surface area contributed by atoms with Crippen LogP contribution < -0.4 is 5.73 Å². The van der Waals surface area contributed by atoms with E-state index >= 15 is 0 Å². The molecule has 1 fully saturated rings. The van der Waals surface area contributed by atoms with Crippen LogP contribution in [-0.2, 0) is 0 Å². The van der Waals surface area contributed by atoms with E-state index in [2.05, 4.69) is 0 Å². The van der Waals surface area contributed by atoms with E-state index in [1.807, 2.05) is 11.8 Å². The van der Waals surface area contributed by atoms with Crippen LogP contribution in [0.25, 0.3) is 0 Å². The second kappa shape index (κ2) is 6.12. The van der Waals surface area contributed by atoms with E-state index in [0.717, 1.165) is 25.9 Å². The van der Waals surface area contributed by atoms with Crippen molar-refractivity contribution in [3.05, 3.63) is 33.8 Å². The molecule has 0 radical (unpaired) electrons. The van der Waals surface area contributed by atoms with Crippen LogP contribution in [0, 0.1) is 5.92 Å². The Morgan fingerprint density at radius 2 is 2.00 bits per heavy atom. The van der Waals surface area contributed by atoms with Gasteiger partial charge < -0.3 is 10.6 Å². The maximum atomic E-state index is 12.4. The number of benzene rings is 1. The van der Waals surface area contributed by atoms with E-state index in [9.17, 15) is 4.79 Å². The highest BCUT2D eigenvalue weighted by atomic mass is 35.5. The zero-order valence-corrected chi connectivity index (χ0v) is 12.4. The highest BCUT2D eigenvalue weighted by Crippen LogP contribution is 2.28. The Hall–Kier alpha value is -0.770. The lowest BCUT2D eigenvalue weighted by atomic mass is 9.90. The average molecular weight is 301 g/mol. The fraction of sp³-hybridized carbons (Fsp3) is 0.500. The Bertz CT molecular complexity index is 469. The number of hydrogen-bond acceptors (Lipinski definition) is 2. The van der Waals surface area contributed by atoms with Crippen LogP contribution in [0.5, 0.6) is 0 Å². The first-order valence-corrected chi connectivity index (χ1v) is 7.25. The summed E-state index contributed by atoms with van der Waals surface area (Å²) in [6, 6.07) is 5.33. The van der Waals surface area contributed by atoms with Crippen LogP contribution in [0.3, 0.4) is 0 Å². The number of halogens is 2. The Labute approximate surface area is 123 Å². The largest absolute Gasteiger partial charge is 0.339 e. The molecule has 1 saturated heterocycles. The van der Waals surface area contributed by atoms with E-state index in [-0.39, 0.29) is 11.9 Å². The van der Waals surface area contributed by atoms with Gasteiger partial charge >= 0.3 is 0 Å². The van der Waals surface area contributed by atoms with E-state index in [4.69, 9.17) is 28.9 Å². The summed E-state index contributed by atoms with van der Waals surface area (Å²) in [4.78, 5) is 14.2. The van der Waals surface area contributed by atoms with Crippen LogP contribution >= 0.6 is 23.2 Å². The minimum absolute atomic E-state index is 0.0457. The standard InChI is InChI=1S/C14H18Cl2N2O/c1-9(17)10-5-7-18(8-6-10)14(19)11-3-2-4-12(15)13(11)16/h2-4,9-10H,5-8,17H2,1H3. The maximum absolute atomic E-state index is 12.4. The Morgan fingerprint density at radius 3 is 2.58 bits per heavy atom. The molecule has 1 aromatic carbocycles. The van der Waals surface area contributed by atoms with E-state index in [0.29, 0.717) is 21.5 Å². The summed E-state index contributed by atoms with van der Waals surface area (Å²) in [5, 5.41) is 0.751. The topological polar surface area (TPSA) is 46.3 Å². The second-order valence-corrected chi connectivity index (χ2v) is 5.88. The van der Waals surface area contributed by atoms with Crippen molar-refractivity contribution in [2.75, 3.05) is 13.1 Å². The lowest BCUT2D eigenvalue weighted by Crippen LogP contribution is -2.42. The lowest BCUT2D eigenvalue weighted by molar-refractivity contribution is 0.0681. The minimum Gasteiger partial charge on any atom is -0.339 e. The van der Waals surface area contributed by atoms with Gasteiger partial charge in [-0.3, -0.25) is 4.79 Å². The smallest absolute Gasteiger partial charge is 0.255 e. The van der Waals surface area contributed by atoms with Crippen molar-refractivity contribution in [2.45, 2.75) is 25.8 Å². The van der Waals surface area contributed by atoms with Gasteiger partial charge in [0.1, 0.15) is 0 Å². The molecule has 1 aliphatic rings. The number of nitrogens with two attached hydrogens (primary N) is 1. The average Bonchev–Trinajstić information content (AvgIpc) is 2.41. The SMILES string of the molecule is CC(N)C1CCN(C(=O)c2cccc(Cl)c2Cl)CC1. The fourth-order valence-electron chi connectivity index (χ4n) is 2.47. The molecule has 5 heteroatoms. The van der Waals surface area contributed by atoms with Gasteiger partial charge in [0.2, 0.25) is 0 Å². The molecule has 2 N–H and O–H groups in total. The molecule has 0 aliphatic carbocycles. The van der Waals surface area contributed by atoms with Crippen molar-refractivity contribution in [1.29, 1.82) is 0 Å². The number of piperidine rings is 1. The van der Waals surface area contributed by atoms with Crippen molar-refractivity contribution in [3.63, 3.8) is 0 Å². The third-order valence-corrected chi connectivity index (χ3v) is 4.57. The van der Waals surface area contributed by atoms with Crippen molar-refractivity contribution in [2.24, 2.45) is 11.7 Å². The van der Waals surface area contributed by atoms with Gasteiger partial charge in [0.05, 0.1) is 15.6 Å². The van der Waals surface area contributed by atoms with Gasteiger partial charge in [-0.15, -0.1) is 0 Å². The number of carbonyl (C=O) groups is 1. The number of amides is 1. The van der Waals surface area contributed by atoms with E-state index in [1.54, 1.807) is 18.2 Å². The van der Waals surface area contributed by atoms with Gasteiger partial charge in [0.15, 0.2) is 0 Å². The summed E-state index contributed by atoms with van der Waals surface area (Å²) in [6.45, 7) is 3.48. The van der Waals surface area contributed by atoms with E-state index < -0.39 is 0 Å². The quantitative estimate of drug-likeness (QED) is 0.912. The monoisotopic (exact) mass is 300 g/mol. The van der Waals surface area contributed by atoms with Crippen molar-refractivity contribution in [3.8, 4) is 0 Å². The first-order valence-electron chi connectivity index (χ1n) is 6.49. The first kappa shape index (κ1) is 14.6. The molecule has 104 valence electrons. The predicted molar refractivity (Wildman–Crippen MR) is 78.7 cm³/mol. The summed E-state index contributed by atoms with van der Waals surface area (Å²) in [7, 11) is 0. The Kier molecular flexibility index (Phi) is 4.71. The number of rotatable bonds is 2. The molecule has 1 atom stereocenters. The van der Waals surface area contributed by atoms with Crippen molar-refractivity contribution >= 4 is 29.1 Å². The summed E-state index contributed by atoms with van der Waals surface area (Å²) >= 11 is 12.0. The molecule has 0 bridgehead atoms. The van der Waals surface area contributed by atoms with Gasteiger partial charge in [0.25, 0.3) is 5.91 Å². The minimum atomic E-state index is -0.0457. The van der Waals surface area contributed by atoms with Gasteiger partial charge in [-0.05, 0) is 37.8 Å². The fourth-order valence-corrected chi connectivity index (χ4v) is 2.85. The van der Waals surface area contributed by atoms with Gasteiger partial charge in [-0.25, -0.2) is 0 Å². The zero-order chi connectivity index (χ0) is 14.0. The zero-order valence-electron chi connectivity index (χ0n) is 10.9. The molecule has 19 heavy (non-hydrogen) atoms. The first-order chi connectivity index (χ1) is 9.00. The summed E-state index contributed by atoms with van der Waals surface area (Å²) < 4.78 is 0. The molecule has 1 amide bonds. The molecule has 3 nitrogen and oxygen atoms in total. The molecule has 1 aromatic rings. The van der Waals surface area contributed by atoms with Gasteiger partial charge in [-0.2, -0.15) is 0 Å². The van der Waals surface area contributed by atoms with Crippen molar-refractivity contribution in [1.82, 2.24) is 4.90 Å². The number of carbonyl (C=O) groups excluding carboxylic acids is 1. The molecular weight excluding hydrogens is 283 g/mol. The highest BCUT2D eigenvalue weighted by molar-refractivity contribution is 6.43. The molecule has 0 saturated carbocycles. The number of likely N-dealkylation sites (tertiary alicyclic amines) is 1. The summed E-state index contributed by atoms with van der Waals surface area (Å²) in [5.74, 6) is 0.453. The third kappa shape index (κ3) is 3.22. The van der Waals surface area contributed by atoms with E-state index in [1.165, 1.54) is 0 Å². The van der Waals surface area contributed by atoms with Crippen LogP contribution in [0.15, 0.2) is 18.2 Å². The molecule has 1 unspecified atom stereocenters. The second-order valence-electron chi connectivity index (χ2n) is 5.09. The van der Waals surface area contributed by atoms with Gasteiger partial charge in [-0.1, -0.05) is 29.3 Å². The highest BCUT2D eigenvalue weighted by Gasteiger charge is 2.26. The lowest BCUT2D eigenvalue weighted by Gasteiger charge is -2.34. The van der Waals surface area contributed by atoms with Crippen molar-refractivity contribution < 1.29 is 4.79 Å². The third-order valence-electron chi connectivity index (χ3n) is 3.75. The molecule has 1 heterocycles. The Balaban J connectivity index is 2.07. The number of hydrogen-bond donors (Lipinski definition) is 1. The Morgan fingerprint density at radius 1 is 1.37 bits per heavy atom. The molecule has 1 aliphatic heterocycles. The normalized spacial score (nSPS) is 18.4. The van der Waals surface area contributed by atoms with Crippen LogP contribution in [0.2, 0.25) is 10.0 Å². The molecule has 0 spiro atoms. The van der Waals surface area contributed by atoms with Crippen LogP contribution in [-0.4, -0.2) is 29.9 Å². The summed E-state index contributed by atoms with van der Waals surface area (Å²) in [6.07, 6.45) is 1.89. The predicted octanol–water partition coefficient (Wildman–Crippen LogP) is 3.19. The maximum Gasteiger partial charge on any atom is 0.255 e. The number of nitrogens with zero attached hydrogens (tertiary/aromatic N) is 1. The van der Waals surface area contributed by atoms with Crippen LogP contribution in [0.4, 0.5) is 0 Å². The van der Waals surface area contributed by atoms with Gasteiger partial charge in [0, 0.05) is 19.1 Å².